The highest BCUT2D eigenvalue weighted by molar-refractivity contribution is 7.94. The van der Waals surface area contributed by atoms with Crippen LogP contribution in [-0.2, 0) is 10.6 Å². The number of benzene rings is 2. The molecule has 148 valence electrons. The molecule has 0 amide bonds. The molecule has 28 heavy (non-hydrogen) atoms. The molecule has 0 aliphatic carbocycles. The molecular weight excluding hydrogens is 370 g/mol. The molecule has 2 aromatic carbocycles. The summed E-state index contributed by atoms with van der Waals surface area (Å²) in [4.78, 5) is 5.46. The van der Waals surface area contributed by atoms with Crippen molar-refractivity contribution in [1.82, 2.24) is 4.98 Å². The quantitative estimate of drug-likeness (QED) is 0.541. The Morgan fingerprint density at radius 3 is 2.54 bits per heavy atom. The van der Waals surface area contributed by atoms with Crippen LogP contribution >= 0.6 is 12.0 Å². The van der Waals surface area contributed by atoms with Gasteiger partial charge < -0.3 is 14.0 Å². The average Bonchev–Trinajstić information content (AvgIpc) is 2.66. The molecule has 1 N–H and O–H groups in total. The number of hydrogen-bond acceptors (Lipinski definition) is 5. The Morgan fingerprint density at radius 2 is 1.82 bits per heavy atom. The molecule has 0 fully saturated rings. The fraction of sp³-hybridized carbons (Fsp3) is 0.348. The molecule has 0 unspecified atom stereocenters. The lowest BCUT2D eigenvalue weighted by molar-refractivity contribution is -0.0813. The second kappa shape index (κ2) is 8.11. The minimum atomic E-state index is -0.938. The van der Waals surface area contributed by atoms with E-state index in [9.17, 15) is 5.11 Å². The third-order valence-electron chi connectivity index (χ3n) is 5.15. The maximum Gasteiger partial charge on any atom is 0.119 e. The second-order valence-corrected chi connectivity index (χ2v) is 8.72. The van der Waals surface area contributed by atoms with Crippen LogP contribution in [0.4, 0.5) is 0 Å². The van der Waals surface area contributed by atoms with Crippen molar-refractivity contribution in [1.29, 1.82) is 0 Å². The molecule has 0 saturated carbocycles. The Hall–Kier alpha value is -2.08. The highest BCUT2D eigenvalue weighted by Crippen LogP contribution is 2.33. The van der Waals surface area contributed by atoms with E-state index in [1.54, 1.807) is 21.0 Å². The molecule has 3 rings (SSSR count). The third kappa shape index (κ3) is 4.66. The fourth-order valence-corrected chi connectivity index (χ4v) is 3.49. The lowest BCUT2D eigenvalue weighted by atomic mass is 9.90. The summed E-state index contributed by atoms with van der Waals surface area (Å²) < 4.78 is 11.3. The van der Waals surface area contributed by atoms with Gasteiger partial charge in [0.05, 0.1) is 18.2 Å². The fourth-order valence-electron chi connectivity index (χ4n) is 2.64. The number of hydrogen-bond donors (Lipinski definition) is 1. The van der Waals surface area contributed by atoms with E-state index in [1.807, 2.05) is 50.4 Å². The van der Waals surface area contributed by atoms with Gasteiger partial charge >= 0.3 is 0 Å². The second-order valence-electron chi connectivity index (χ2n) is 7.91. The zero-order valence-corrected chi connectivity index (χ0v) is 17.8. The summed E-state index contributed by atoms with van der Waals surface area (Å²) in [6, 6.07) is 16.3. The highest BCUT2D eigenvalue weighted by atomic mass is 32.2. The molecular formula is C23H27NO3S. The van der Waals surface area contributed by atoms with Gasteiger partial charge in [0.1, 0.15) is 11.4 Å². The van der Waals surface area contributed by atoms with Crippen LogP contribution in [0.3, 0.4) is 0 Å². The Balaban J connectivity index is 1.81. The van der Waals surface area contributed by atoms with E-state index in [0.29, 0.717) is 0 Å². The number of aromatic nitrogens is 1. The molecule has 1 heterocycles. The molecule has 0 radical (unpaired) electrons. The van der Waals surface area contributed by atoms with Crippen molar-refractivity contribution < 1.29 is 14.0 Å². The van der Waals surface area contributed by atoms with Gasteiger partial charge in [-0.15, -0.1) is 0 Å². The van der Waals surface area contributed by atoms with Gasteiger partial charge in [0.25, 0.3) is 0 Å². The van der Waals surface area contributed by atoms with Crippen molar-refractivity contribution >= 4 is 22.9 Å². The summed E-state index contributed by atoms with van der Waals surface area (Å²) >= 11 is 1.30. The Kier molecular flexibility index (Phi) is 5.98. The minimum Gasteiger partial charge on any atom is -0.497 e. The summed E-state index contributed by atoms with van der Waals surface area (Å²) in [6.07, 6.45) is 2.63. The van der Waals surface area contributed by atoms with Crippen LogP contribution in [0.5, 0.6) is 5.75 Å². The van der Waals surface area contributed by atoms with Crippen LogP contribution in [0.2, 0.25) is 0 Å². The van der Waals surface area contributed by atoms with E-state index in [2.05, 4.69) is 23.2 Å². The summed E-state index contributed by atoms with van der Waals surface area (Å²) in [7, 11) is 1.67. The minimum absolute atomic E-state index is 0.675. The van der Waals surface area contributed by atoms with Crippen LogP contribution < -0.4 is 4.74 Å². The Morgan fingerprint density at radius 1 is 1.04 bits per heavy atom. The summed E-state index contributed by atoms with van der Waals surface area (Å²) in [6.45, 7) is 7.29. The standard InChI is InChI=1S/C23H27NO3S/c1-22(2,25)23(3,4)27-28-19-8-6-7-16(14-19)13-17-11-12-24-21-10-9-18(26-5)15-20(17)21/h6-12,14-15,25H,13H2,1-5H3. The normalized spacial score (nSPS) is 12.4. The molecule has 4 nitrogen and oxygen atoms in total. The van der Waals surface area contributed by atoms with Crippen LogP contribution in [0.1, 0.15) is 38.8 Å². The summed E-state index contributed by atoms with van der Waals surface area (Å²) in [5.74, 6) is 0.827. The van der Waals surface area contributed by atoms with E-state index in [4.69, 9.17) is 8.92 Å². The number of ether oxygens (including phenoxy) is 1. The smallest absolute Gasteiger partial charge is 0.119 e. The average molecular weight is 398 g/mol. The van der Waals surface area contributed by atoms with Crippen molar-refractivity contribution in [2.24, 2.45) is 0 Å². The largest absolute Gasteiger partial charge is 0.497 e. The monoisotopic (exact) mass is 397 g/mol. The first kappa shape index (κ1) is 20.6. The van der Waals surface area contributed by atoms with E-state index < -0.39 is 11.2 Å². The summed E-state index contributed by atoms with van der Waals surface area (Å²) in [5, 5.41) is 11.4. The first-order valence-corrected chi connectivity index (χ1v) is 10.0. The maximum atomic E-state index is 10.3. The van der Waals surface area contributed by atoms with E-state index in [-0.39, 0.29) is 0 Å². The van der Waals surface area contributed by atoms with E-state index in [1.165, 1.54) is 23.2 Å². The number of methoxy groups -OCH3 is 1. The highest BCUT2D eigenvalue weighted by Gasteiger charge is 2.36. The number of nitrogens with zero attached hydrogens (tertiary/aromatic N) is 1. The Bertz CT molecular complexity index is 963. The molecule has 0 aliphatic rings. The molecule has 3 aromatic rings. The lowest BCUT2D eigenvalue weighted by Crippen LogP contribution is -2.45. The van der Waals surface area contributed by atoms with Gasteiger partial charge in [-0.05, 0) is 81.6 Å². The zero-order valence-electron chi connectivity index (χ0n) is 17.0. The van der Waals surface area contributed by atoms with E-state index >= 15 is 0 Å². The number of pyridine rings is 1. The van der Waals surface area contributed by atoms with Gasteiger partial charge in [0.15, 0.2) is 0 Å². The predicted octanol–water partition coefficient (Wildman–Crippen LogP) is 5.41. The molecule has 0 saturated heterocycles. The van der Waals surface area contributed by atoms with Gasteiger partial charge in [-0.1, -0.05) is 12.1 Å². The molecule has 0 bridgehead atoms. The van der Waals surface area contributed by atoms with Crippen LogP contribution in [0.25, 0.3) is 10.9 Å². The van der Waals surface area contributed by atoms with Gasteiger partial charge in [-0.3, -0.25) is 4.98 Å². The van der Waals surface area contributed by atoms with Crippen molar-refractivity contribution in [3.63, 3.8) is 0 Å². The van der Waals surface area contributed by atoms with Crippen LogP contribution in [0, 0.1) is 0 Å². The number of aliphatic hydroxyl groups is 1. The van der Waals surface area contributed by atoms with Crippen molar-refractivity contribution in [2.45, 2.75) is 50.2 Å². The molecule has 0 atom stereocenters. The molecule has 1 aromatic heterocycles. The van der Waals surface area contributed by atoms with E-state index in [0.717, 1.165) is 28.0 Å². The summed E-state index contributed by atoms with van der Waals surface area (Å²) in [5.41, 5.74) is 1.73. The van der Waals surface area contributed by atoms with Gasteiger partial charge in [-0.2, -0.15) is 0 Å². The lowest BCUT2D eigenvalue weighted by Gasteiger charge is -2.35. The van der Waals surface area contributed by atoms with Gasteiger partial charge in [0, 0.05) is 28.5 Å². The topological polar surface area (TPSA) is 51.6 Å². The van der Waals surface area contributed by atoms with Crippen molar-refractivity contribution in [3.8, 4) is 5.75 Å². The number of fused-ring (bicyclic) bond motifs is 1. The van der Waals surface area contributed by atoms with Crippen molar-refractivity contribution in [3.05, 3.63) is 65.9 Å². The number of rotatable bonds is 7. The third-order valence-corrected chi connectivity index (χ3v) is 6.10. The van der Waals surface area contributed by atoms with Crippen LogP contribution in [-0.4, -0.2) is 28.4 Å². The molecule has 0 aliphatic heterocycles. The van der Waals surface area contributed by atoms with Gasteiger partial charge in [0.2, 0.25) is 0 Å². The first-order valence-electron chi connectivity index (χ1n) is 9.28. The Labute approximate surface area is 171 Å². The first-order chi connectivity index (χ1) is 13.2. The maximum absolute atomic E-state index is 10.3. The molecule has 5 heteroatoms. The SMILES string of the molecule is COc1ccc2nccc(Cc3cccc(SOC(C)(C)C(C)(C)O)c3)c2c1. The molecule has 0 spiro atoms. The zero-order chi connectivity index (χ0) is 20.4. The van der Waals surface area contributed by atoms with Crippen LogP contribution in [0.15, 0.2) is 59.6 Å². The predicted molar refractivity (Wildman–Crippen MR) is 115 cm³/mol. The van der Waals surface area contributed by atoms with Gasteiger partial charge in [-0.25, -0.2) is 0 Å². The van der Waals surface area contributed by atoms with Crippen molar-refractivity contribution in [2.75, 3.05) is 7.11 Å².